The van der Waals surface area contributed by atoms with E-state index in [0.29, 0.717) is 11.3 Å². The van der Waals surface area contributed by atoms with Crippen LogP contribution in [0.25, 0.3) is 0 Å². The predicted molar refractivity (Wildman–Crippen MR) is 103 cm³/mol. The average Bonchev–Trinajstić information content (AvgIpc) is 3.16. The zero-order valence-electron chi connectivity index (χ0n) is 14.9. The first kappa shape index (κ1) is 20.2. The third-order valence-electron chi connectivity index (χ3n) is 4.14. The van der Waals surface area contributed by atoms with Crippen LogP contribution in [-0.2, 0) is 30.3 Å². The number of nitrogens with zero attached hydrogens (tertiary/aromatic N) is 1. The maximum absolute atomic E-state index is 12.5. The van der Waals surface area contributed by atoms with E-state index < -0.39 is 29.3 Å². The lowest BCUT2D eigenvalue weighted by atomic mass is 10.0. The van der Waals surface area contributed by atoms with E-state index >= 15 is 0 Å². The van der Waals surface area contributed by atoms with Crippen molar-refractivity contribution in [3.63, 3.8) is 0 Å². The second kappa shape index (κ2) is 8.61. The van der Waals surface area contributed by atoms with Crippen molar-refractivity contribution in [2.24, 2.45) is 0 Å². The Hall–Kier alpha value is -2.59. The van der Waals surface area contributed by atoms with Crippen LogP contribution < -0.4 is 5.32 Å². The highest BCUT2D eigenvalue weighted by Gasteiger charge is 2.53. The number of fused-ring (bicyclic) bond motifs is 1. The number of carboxylic acid groups (broad SMARTS) is 1. The van der Waals surface area contributed by atoms with Crippen LogP contribution in [0.4, 0.5) is 0 Å². The highest BCUT2D eigenvalue weighted by Crippen LogP contribution is 2.40. The third-order valence-corrected chi connectivity index (χ3v) is 6.32. The Morgan fingerprint density at radius 1 is 1.43 bits per heavy atom. The molecule has 148 valence electrons. The lowest BCUT2D eigenvalue weighted by Gasteiger charge is -2.49. The van der Waals surface area contributed by atoms with E-state index in [1.807, 2.05) is 17.5 Å². The van der Waals surface area contributed by atoms with Crippen LogP contribution in [0, 0.1) is 0 Å². The third kappa shape index (κ3) is 4.12. The van der Waals surface area contributed by atoms with Gasteiger partial charge in [0.25, 0.3) is 5.91 Å². The first-order valence-electron chi connectivity index (χ1n) is 8.50. The molecule has 3 heterocycles. The number of carbonyl (C=O) groups excluding carboxylic acids is 3. The second-order valence-corrected chi connectivity index (χ2v) is 8.11. The molecule has 1 aromatic rings. The molecule has 0 radical (unpaired) electrons. The number of esters is 1. The summed E-state index contributed by atoms with van der Waals surface area (Å²) in [6.07, 6.45) is 2.68. The van der Waals surface area contributed by atoms with Crippen molar-refractivity contribution in [1.29, 1.82) is 0 Å². The van der Waals surface area contributed by atoms with Gasteiger partial charge in [0.2, 0.25) is 5.91 Å². The van der Waals surface area contributed by atoms with Gasteiger partial charge in [-0.15, -0.1) is 23.1 Å². The molecule has 2 N–H and O–H groups in total. The standard InChI is InChI=1S/C18H18N2O6S2/c1-2-26-13(22)6-5-10-9-28-17-14(16(23)20(17)15(10)18(24)25)19-12(21)8-11-4-3-7-27-11/h3-7,14,17H,2,8-9H2,1H3,(H,19,21)(H,24,25)/t14-,17+/m1/s1. The summed E-state index contributed by atoms with van der Waals surface area (Å²) in [5.41, 5.74) is 0.177. The molecule has 10 heteroatoms. The van der Waals surface area contributed by atoms with Gasteiger partial charge in [-0.3, -0.25) is 14.5 Å². The fourth-order valence-corrected chi connectivity index (χ4v) is 4.95. The van der Waals surface area contributed by atoms with Crippen molar-refractivity contribution in [2.45, 2.75) is 24.8 Å². The number of amides is 2. The van der Waals surface area contributed by atoms with Crippen molar-refractivity contribution in [3.8, 4) is 0 Å². The summed E-state index contributed by atoms with van der Waals surface area (Å²) >= 11 is 2.79. The first-order valence-corrected chi connectivity index (χ1v) is 10.4. The van der Waals surface area contributed by atoms with Crippen LogP contribution in [0.1, 0.15) is 11.8 Å². The van der Waals surface area contributed by atoms with Crippen molar-refractivity contribution in [1.82, 2.24) is 10.2 Å². The number of ether oxygens (including phenoxy) is 1. The Labute approximate surface area is 169 Å². The van der Waals surface area contributed by atoms with Gasteiger partial charge in [0, 0.05) is 16.7 Å². The molecule has 0 unspecified atom stereocenters. The van der Waals surface area contributed by atoms with Crippen LogP contribution in [0.3, 0.4) is 0 Å². The number of carboxylic acids is 1. The number of rotatable bonds is 7. The average molecular weight is 422 g/mol. The Kier molecular flexibility index (Phi) is 6.20. The fraction of sp³-hybridized carbons (Fsp3) is 0.333. The number of thioether (sulfide) groups is 1. The molecule has 1 saturated heterocycles. The van der Waals surface area contributed by atoms with Crippen molar-refractivity contribution in [3.05, 3.63) is 45.8 Å². The largest absolute Gasteiger partial charge is 0.477 e. The summed E-state index contributed by atoms with van der Waals surface area (Å²) in [6.45, 7) is 1.88. The van der Waals surface area contributed by atoms with Crippen LogP contribution in [0.15, 0.2) is 40.9 Å². The molecule has 1 aromatic heterocycles. The smallest absolute Gasteiger partial charge is 0.352 e. The molecule has 28 heavy (non-hydrogen) atoms. The number of β-lactam (4-membered cyclic amide) rings is 1. The monoisotopic (exact) mass is 422 g/mol. The summed E-state index contributed by atoms with van der Waals surface area (Å²) in [7, 11) is 0. The molecular weight excluding hydrogens is 404 g/mol. The van der Waals surface area contributed by atoms with Crippen molar-refractivity contribution in [2.75, 3.05) is 12.4 Å². The topological polar surface area (TPSA) is 113 Å². The SMILES string of the molecule is CCOC(=O)C=CC1=C(C(=O)O)N2C(=O)[C@@H](NC(=O)Cc3cccs3)[C@@H]2SC1. The summed E-state index contributed by atoms with van der Waals surface area (Å²) in [6, 6.07) is 2.92. The molecule has 2 atom stereocenters. The molecule has 2 aliphatic rings. The van der Waals surface area contributed by atoms with E-state index in [4.69, 9.17) is 4.74 Å². The molecule has 0 saturated carbocycles. The van der Waals surface area contributed by atoms with Crippen molar-refractivity contribution >= 4 is 46.9 Å². The second-order valence-electron chi connectivity index (χ2n) is 5.98. The van der Waals surface area contributed by atoms with E-state index in [2.05, 4.69) is 5.32 Å². The number of allylic oxidation sites excluding steroid dienone is 1. The van der Waals surface area contributed by atoms with Crippen molar-refractivity contribution < 1.29 is 29.0 Å². The normalized spacial score (nSPS) is 21.3. The lowest BCUT2D eigenvalue weighted by molar-refractivity contribution is -0.150. The van der Waals surface area contributed by atoms with Crippen LogP contribution >= 0.6 is 23.1 Å². The summed E-state index contributed by atoms with van der Waals surface area (Å²) in [4.78, 5) is 49.9. The minimum absolute atomic E-state index is 0.168. The van der Waals surface area contributed by atoms with Gasteiger partial charge in [-0.1, -0.05) is 6.07 Å². The van der Waals surface area contributed by atoms with E-state index in [-0.39, 0.29) is 24.6 Å². The molecule has 8 nitrogen and oxygen atoms in total. The molecule has 1 fully saturated rings. The number of aliphatic carboxylic acids is 1. The summed E-state index contributed by atoms with van der Waals surface area (Å²) in [5.74, 6) is -2.30. The van der Waals surface area contributed by atoms with Gasteiger partial charge in [0.15, 0.2) is 0 Å². The maximum Gasteiger partial charge on any atom is 0.352 e. The van der Waals surface area contributed by atoms with Gasteiger partial charge in [-0.05, 0) is 30.0 Å². The Morgan fingerprint density at radius 2 is 2.21 bits per heavy atom. The highest BCUT2D eigenvalue weighted by atomic mass is 32.2. The highest BCUT2D eigenvalue weighted by molar-refractivity contribution is 8.00. The Bertz CT molecular complexity index is 861. The van der Waals surface area contributed by atoms with Gasteiger partial charge in [-0.25, -0.2) is 9.59 Å². The quantitative estimate of drug-likeness (QED) is 0.385. The summed E-state index contributed by atoms with van der Waals surface area (Å²) in [5, 5.41) is 13.6. The van der Waals surface area contributed by atoms with Gasteiger partial charge >= 0.3 is 11.9 Å². The summed E-state index contributed by atoms with van der Waals surface area (Å²) < 4.78 is 4.79. The van der Waals surface area contributed by atoms with Crippen LogP contribution in [0.5, 0.6) is 0 Å². The Balaban J connectivity index is 1.71. The van der Waals surface area contributed by atoms with E-state index in [1.54, 1.807) is 6.92 Å². The fourth-order valence-electron chi connectivity index (χ4n) is 2.93. The number of carbonyl (C=O) groups is 4. The Morgan fingerprint density at radius 3 is 2.86 bits per heavy atom. The zero-order valence-corrected chi connectivity index (χ0v) is 16.5. The number of hydrogen-bond donors (Lipinski definition) is 2. The van der Waals surface area contributed by atoms with Gasteiger partial charge in [0.1, 0.15) is 17.1 Å². The molecular formula is C18H18N2O6S2. The lowest BCUT2D eigenvalue weighted by Crippen LogP contribution is -2.70. The minimum atomic E-state index is -1.26. The number of thiophene rings is 1. The predicted octanol–water partition coefficient (Wildman–Crippen LogP) is 1.15. The number of nitrogens with one attached hydrogen (secondary N) is 1. The molecule has 2 amide bonds. The van der Waals surface area contributed by atoms with Gasteiger partial charge in [0.05, 0.1) is 13.0 Å². The molecule has 0 bridgehead atoms. The molecule has 2 aliphatic heterocycles. The molecule has 0 spiro atoms. The molecule has 0 aromatic carbocycles. The first-order chi connectivity index (χ1) is 13.4. The van der Waals surface area contributed by atoms with Crippen LogP contribution in [-0.4, -0.2) is 57.5 Å². The molecule has 0 aliphatic carbocycles. The minimum Gasteiger partial charge on any atom is -0.477 e. The van der Waals surface area contributed by atoms with Gasteiger partial charge < -0.3 is 15.2 Å². The zero-order chi connectivity index (χ0) is 20.3. The van der Waals surface area contributed by atoms with Crippen LogP contribution in [0.2, 0.25) is 0 Å². The van der Waals surface area contributed by atoms with E-state index in [1.165, 1.54) is 29.2 Å². The van der Waals surface area contributed by atoms with Gasteiger partial charge in [-0.2, -0.15) is 0 Å². The number of hydrogen-bond acceptors (Lipinski definition) is 7. The maximum atomic E-state index is 12.5. The van der Waals surface area contributed by atoms with E-state index in [9.17, 15) is 24.3 Å². The molecule has 3 rings (SSSR count). The van der Waals surface area contributed by atoms with E-state index in [0.717, 1.165) is 15.9 Å².